The van der Waals surface area contributed by atoms with Gasteiger partial charge in [0.05, 0.1) is 6.26 Å². The van der Waals surface area contributed by atoms with Crippen LogP contribution in [0.15, 0.2) is 53.1 Å². The van der Waals surface area contributed by atoms with E-state index in [2.05, 4.69) is 0 Å². The van der Waals surface area contributed by atoms with Crippen LogP contribution in [-0.2, 0) is 4.79 Å². The summed E-state index contributed by atoms with van der Waals surface area (Å²) in [6.07, 6.45) is 1.45. The summed E-state index contributed by atoms with van der Waals surface area (Å²) in [6, 6.07) is 12.7. The maximum Gasteiger partial charge on any atom is 0.290 e. The highest BCUT2D eigenvalue weighted by Gasteiger charge is 2.29. The van der Waals surface area contributed by atoms with E-state index in [1.165, 1.54) is 11.2 Å². The third-order valence-electron chi connectivity index (χ3n) is 3.31. The van der Waals surface area contributed by atoms with Gasteiger partial charge in [0, 0.05) is 18.8 Å². The summed E-state index contributed by atoms with van der Waals surface area (Å²) in [5.41, 5.74) is 0.864. The zero-order chi connectivity index (χ0) is 13.9. The largest absolute Gasteiger partial charge is 0.459 e. The predicted octanol–water partition coefficient (Wildman–Crippen LogP) is 1.77. The normalized spacial score (nSPS) is 15.5. The summed E-state index contributed by atoms with van der Waals surface area (Å²) >= 11 is 0. The molecule has 0 atom stereocenters. The number of piperazine rings is 1. The molecule has 0 bridgehead atoms. The minimum absolute atomic E-state index is 0.0778. The van der Waals surface area contributed by atoms with Crippen molar-refractivity contribution in [2.24, 2.45) is 0 Å². The first-order chi connectivity index (χ1) is 9.75. The zero-order valence-corrected chi connectivity index (χ0v) is 10.9. The quantitative estimate of drug-likeness (QED) is 0.835. The first kappa shape index (κ1) is 12.5. The van der Waals surface area contributed by atoms with E-state index in [1.54, 1.807) is 17.0 Å². The van der Waals surface area contributed by atoms with Crippen LogP contribution in [0.1, 0.15) is 10.6 Å². The van der Waals surface area contributed by atoms with Gasteiger partial charge < -0.3 is 14.2 Å². The maximum absolute atomic E-state index is 12.2. The molecule has 1 aliphatic heterocycles. The Morgan fingerprint density at radius 1 is 1.05 bits per heavy atom. The third kappa shape index (κ3) is 2.30. The van der Waals surface area contributed by atoms with E-state index >= 15 is 0 Å². The van der Waals surface area contributed by atoms with Crippen molar-refractivity contribution in [1.29, 1.82) is 0 Å². The lowest BCUT2D eigenvalue weighted by atomic mass is 10.2. The number of carbonyl (C=O) groups is 2. The number of rotatable bonds is 2. The van der Waals surface area contributed by atoms with Crippen LogP contribution in [-0.4, -0.2) is 36.3 Å². The molecule has 5 nitrogen and oxygen atoms in total. The SMILES string of the molecule is O=C(c1ccco1)N1CCN(c2ccccc2)C(=O)C1. The van der Waals surface area contributed by atoms with E-state index in [0.29, 0.717) is 13.1 Å². The van der Waals surface area contributed by atoms with Gasteiger partial charge in [-0.15, -0.1) is 0 Å². The molecule has 1 saturated heterocycles. The Balaban J connectivity index is 1.71. The summed E-state index contributed by atoms with van der Waals surface area (Å²) < 4.78 is 5.08. The Kier molecular flexibility index (Phi) is 3.25. The van der Waals surface area contributed by atoms with Gasteiger partial charge >= 0.3 is 0 Å². The Bertz CT molecular complexity index is 607. The molecular weight excluding hydrogens is 256 g/mol. The molecule has 3 rings (SSSR count). The minimum Gasteiger partial charge on any atom is -0.459 e. The smallest absolute Gasteiger partial charge is 0.290 e. The minimum atomic E-state index is -0.240. The predicted molar refractivity (Wildman–Crippen MR) is 73.4 cm³/mol. The second-order valence-corrected chi connectivity index (χ2v) is 4.58. The molecule has 2 amide bonds. The Morgan fingerprint density at radius 3 is 2.50 bits per heavy atom. The maximum atomic E-state index is 12.2. The monoisotopic (exact) mass is 270 g/mol. The van der Waals surface area contributed by atoms with Crippen molar-refractivity contribution in [3.8, 4) is 0 Å². The number of amides is 2. The molecule has 20 heavy (non-hydrogen) atoms. The summed E-state index contributed by atoms with van der Waals surface area (Å²) in [7, 11) is 0. The molecule has 0 unspecified atom stereocenters. The topological polar surface area (TPSA) is 53.8 Å². The van der Waals surface area contributed by atoms with Gasteiger partial charge in [-0.3, -0.25) is 9.59 Å². The van der Waals surface area contributed by atoms with E-state index < -0.39 is 0 Å². The number of para-hydroxylation sites is 1. The first-order valence-corrected chi connectivity index (χ1v) is 6.44. The van der Waals surface area contributed by atoms with Gasteiger partial charge in [0.1, 0.15) is 6.54 Å². The number of anilines is 1. The average molecular weight is 270 g/mol. The van der Waals surface area contributed by atoms with E-state index in [-0.39, 0.29) is 24.1 Å². The van der Waals surface area contributed by atoms with E-state index in [1.807, 2.05) is 30.3 Å². The molecule has 1 aromatic carbocycles. The van der Waals surface area contributed by atoms with Gasteiger partial charge in [-0.05, 0) is 24.3 Å². The molecule has 1 aromatic heterocycles. The number of hydrogen-bond donors (Lipinski definition) is 0. The second-order valence-electron chi connectivity index (χ2n) is 4.58. The fourth-order valence-electron chi connectivity index (χ4n) is 2.28. The van der Waals surface area contributed by atoms with Crippen molar-refractivity contribution in [3.05, 3.63) is 54.5 Å². The van der Waals surface area contributed by atoms with E-state index in [9.17, 15) is 9.59 Å². The number of hydrogen-bond acceptors (Lipinski definition) is 3. The highest BCUT2D eigenvalue weighted by atomic mass is 16.3. The van der Waals surface area contributed by atoms with E-state index in [0.717, 1.165) is 5.69 Å². The average Bonchev–Trinajstić information content (AvgIpc) is 3.01. The van der Waals surface area contributed by atoms with Crippen LogP contribution in [0.5, 0.6) is 0 Å². The molecule has 2 aromatic rings. The molecular formula is C15H14N2O3. The van der Waals surface area contributed by atoms with Crippen LogP contribution >= 0.6 is 0 Å². The fourth-order valence-corrected chi connectivity index (χ4v) is 2.28. The molecule has 0 N–H and O–H groups in total. The van der Waals surface area contributed by atoms with Crippen LogP contribution < -0.4 is 4.90 Å². The molecule has 1 aliphatic rings. The van der Waals surface area contributed by atoms with Crippen LogP contribution in [0, 0.1) is 0 Å². The van der Waals surface area contributed by atoms with Gasteiger partial charge in [-0.25, -0.2) is 0 Å². The van der Waals surface area contributed by atoms with Gasteiger partial charge in [-0.2, -0.15) is 0 Å². The molecule has 0 spiro atoms. The molecule has 102 valence electrons. The van der Waals surface area contributed by atoms with Crippen molar-refractivity contribution in [1.82, 2.24) is 4.90 Å². The molecule has 2 heterocycles. The van der Waals surface area contributed by atoms with Gasteiger partial charge in [0.15, 0.2) is 5.76 Å². The van der Waals surface area contributed by atoms with Crippen molar-refractivity contribution < 1.29 is 14.0 Å². The standard InChI is InChI=1S/C15H14N2O3/c18-14-11-16(15(19)13-7-4-10-20-13)8-9-17(14)12-5-2-1-3-6-12/h1-7,10H,8-9,11H2. The molecule has 0 radical (unpaired) electrons. The molecule has 0 aliphatic carbocycles. The van der Waals surface area contributed by atoms with Crippen molar-refractivity contribution >= 4 is 17.5 Å². The van der Waals surface area contributed by atoms with Gasteiger partial charge in [0.25, 0.3) is 5.91 Å². The Labute approximate surface area is 116 Å². The first-order valence-electron chi connectivity index (χ1n) is 6.44. The van der Waals surface area contributed by atoms with Crippen molar-refractivity contribution in [2.75, 3.05) is 24.5 Å². The van der Waals surface area contributed by atoms with Gasteiger partial charge in [0.2, 0.25) is 5.91 Å². The van der Waals surface area contributed by atoms with Crippen LogP contribution in [0.2, 0.25) is 0 Å². The summed E-state index contributed by atoms with van der Waals surface area (Å²) in [5, 5.41) is 0. The molecule has 1 fully saturated rings. The van der Waals surface area contributed by atoms with E-state index in [4.69, 9.17) is 4.42 Å². The fraction of sp³-hybridized carbons (Fsp3) is 0.200. The summed E-state index contributed by atoms with van der Waals surface area (Å²) in [5.74, 6) is -0.0515. The zero-order valence-electron chi connectivity index (χ0n) is 10.9. The van der Waals surface area contributed by atoms with Crippen LogP contribution in [0.4, 0.5) is 5.69 Å². The van der Waals surface area contributed by atoms with Crippen molar-refractivity contribution in [3.63, 3.8) is 0 Å². The number of carbonyl (C=O) groups excluding carboxylic acids is 2. The van der Waals surface area contributed by atoms with Crippen LogP contribution in [0.25, 0.3) is 0 Å². The summed E-state index contributed by atoms with van der Waals surface area (Å²) in [6.45, 7) is 1.07. The van der Waals surface area contributed by atoms with Gasteiger partial charge in [-0.1, -0.05) is 18.2 Å². The molecule has 5 heteroatoms. The number of benzene rings is 1. The Hall–Kier alpha value is -2.56. The highest BCUT2D eigenvalue weighted by Crippen LogP contribution is 2.17. The molecule has 0 saturated carbocycles. The highest BCUT2D eigenvalue weighted by molar-refractivity contribution is 6.00. The van der Waals surface area contributed by atoms with Crippen molar-refractivity contribution in [2.45, 2.75) is 0 Å². The number of nitrogens with zero attached hydrogens (tertiary/aromatic N) is 2. The lowest BCUT2D eigenvalue weighted by molar-refractivity contribution is -0.120. The lowest BCUT2D eigenvalue weighted by Crippen LogP contribution is -2.52. The summed E-state index contributed by atoms with van der Waals surface area (Å²) in [4.78, 5) is 27.5. The second kappa shape index (κ2) is 5.21. The van der Waals surface area contributed by atoms with Crippen LogP contribution in [0.3, 0.4) is 0 Å². The third-order valence-corrected chi connectivity index (χ3v) is 3.31. The number of furan rings is 1. The lowest BCUT2D eigenvalue weighted by Gasteiger charge is -2.33. The Morgan fingerprint density at radius 2 is 1.85 bits per heavy atom.